The second-order valence-corrected chi connectivity index (χ2v) is 7.38. The number of nitrogens with zero attached hydrogens (tertiary/aromatic N) is 2. The molecule has 2 aliphatic heterocycles. The molecule has 6 nitrogen and oxygen atoms in total. The van der Waals surface area contributed by atoms with Crippen molar-refractivity contribution in [1.82, 2.24) is 0 Å². The fourth-order valence-electron chi connectivity index (χ4n) is 5.45. The first-order valence-corrected chi connectivity index (χ1v) is 8.01. The fourth-order valence-corrected chi connectivity index (χ4v) is 5.45. The van der Waals surface area contributed by atoms with Gasteiger partial charge >= 0.3 is 5.91 Å². The molecule has 3 N–H and O–H groups in total. The molecule has 2 heterocycles. The molecule has 1 saturated heterocycles. The van der Waals surface area contributed by atoms with E-state index in [0.29, 0.717) is 18.4 Å². The number of hydrogen-bond acceptors (Lipinski definition) is 5. The Balaban J connectivity index is 1.89. The van der Waals surface area contributed by atoms with Crippen molar-refractivity contribution in [3.63, 3.8) is 0 Å². The van der Waals surface area contributed by atoms with E-state index in [-0.39, 0.29) is 6.10 Å². The fraction of sp³-hybridized carbons (Fsp3) is 0.812. The first-order chi connectivity index (χ1) is 10.5. The molecule has 4 aliphatic rings. The number of nitrogens with one attached hydrogen (secondary N) is 1. The van der Waals surface area contributed by atoms with Crippen LogP contribution in [0.1, 0.15) is 39.5 Å². The Bertz CT molecular complexity index is 654. The zero-order valence-electron chi connectivity index (χ0n) is 13.0. The van der Waals surface area contributed by atoms with Crippen molar-refractivity contribution in [3.8, 4) is 12.1 Å². The largest absolute Gasteiger partial charge is 0.343 e. The van der Waals surface area contributed by atoms with Crippen molar-refractivity contribution in [1.29, 1.82) is 10.5 Å². The van der Waals surface area contributed by atoms with Crippen molar-refractivity contribution in [3.05, 3.63) is 0 Å². The summed E-state index contributed by atoms with van der Waals surface area (Å²) in [6, 6.07) is 4.82. The molecule has 0 bridgehead atoms. The molecule has 4 atom stereocenters. The van der Waals surface area contributed by atoms with E-state index >= 15 is 0 Å². The summed E-state index contributed by atoms with van der Waals surface area (Å²) < 4.78 is 11.9. The van der Waals surface area contributed by atoms with Crippen LogP contribution in [0.5, 0.6) is 0 Å². The third-order valence-corrected chi connectivity index (χ3v) is 6.48. The molecule has 0 aromatic rings. The molecule has 116 valence electrons. The van der Waals surface area contributed by atoms with E-state index < -0.39 is 22.2 Å². The molecular formula is C16H21N4O2+. The summed E-state index contributed by atoms with van der Waals surface area (Å²) in [6.07, 6.45) is 3.53. The van der Waals surface area contributed by atoms with Crippen molar-refractivity contribution in [2.75, 3.05) is 6.61 Å². The summed E-state index contributed by atoms with van der Waals surface area (Å²) in [5, 5.41) is 20.1. The van der Waals surface area contributed by atoms with Crippen molar-refractivity contribution in [2.24, 2.45) is 27.9 Å². The van der Waals surface area contributed by atoms with Gasteiger partial charge in [0.1, 0.15) is 0 Å². The van der Waals surface area contributed by atoms with Crippen LogP contribution in [-0.4, -0.2) is 24.5 Å². The van der Waals surface area contributed by atoms with Gasteiger partial charge < -0.3 is 9.47 Å². The van der Waals surface area contributed by atoms with Crippen LogP contribution >= 0.6 is 0 Å². The molecule has 0 aromatic heterocycles. The van der Waals surface area contributed by atoms with Crippen LogP contribution in [0, 0.1) is 44.8 Å². The summed E-state index contributed by atoms with van der Waals surface area (Å²) in [4.78, 5) is 3.03. The number of fused-ring (bicyclic) bond motifs is 4. The molecule has 3 fully saturated rings. The number of rotatable bonds is 0. The zero-order chi connectivity index (χ0) is 15.8. The van der Waals surface area contributed by atoms with E-state index in [9.17, 15) is 10.5 Å². The molecule has 0 unspecified atom stereocenters. The standard InChI is InChI=1S/C16H20N4O2/c1-10-3-5-13(6-4-10)14(8-17)12(19)20-16(15(13,14)9-18)21-7-11(2)22-16/h10-11H,3-7H2,1-2H3,(H2,19,20)/p+1/t10?,11-,13?,14-,15+,16+/m0/s1. The minimum Gasteiger partial charge on any atom is -0.311 e. The average Bonchev–Trinajstić information content (AvgIpc) is 2.69. The van der Waals surface area contributed by atoms with E-state index in [2.05, 4.69) is 24.1 Å². The van der Waals surface area contributed by atoms with E-state index in [4.69, 9.17) is 15.2 Å². The Morgan fingerprint density at radius 1 is 1.23 bits per heavy atom. The van der Waals surface area contributed by atoms with Crippen LogP contribution in [0.15, 0.2) is 0 Å². The van der Waals surface area contributed by atoms with Crippen LogP contribution in [0.2, 0.25) is 0 Å². The van der Waals surface area contributed by atoms with Gasteiger partial charge in [0, 0.05) is 5.41 Å². The molecular weight excluding hydrogens is 280 g/mol. The van der Waals surface area contributed by atoms with Gasteiger partial charge in [-0.2, -0.15) is 10.5 Å². The highest BCUT2D eigenvalue weighted by atomic mass is 16.8. The lowest BCUT2D eigenvalue weighted by atomic mass is 9.73. The summed E-state index contributed by atoms with van der Waals surface area (Å²) in [5.41, 5.74) is 3.74. The quantitative estimate of drug-likeness (QED) is 0.642. The summed E-state index contributed by atoms with van der Waals surface area (Å²) >= 11 is 0. The lowest BCUT2D eigenvalue weighted by molar-refractivity contribution is -0.680. The highest BCUT2D eigenvalue weighted by molar-refractivity contribution is 5.95. The Morgan fingerprint density at radius 2 is 1.91 bits per heavy atom. The smallest absolute Gasteiger partial charge is 0.311 e. The number of nitriles is 2. The van der Waals surface area contributed by atoms with Crippen molar-refractivity contribution >= 4 is 5.84 Å². The van der Waals surface area contributed by atoms with Gasteiger partial charge in [0.25, 0.3) is 5.84 Å². The first-order valence-electron chi connectivity index (χ1n) is 8.01. The first kappa shape index (κ1) is 14.0. The highest BCUT2D eigenvalue weighted by Gasteiger charge is 3.03. The van der Waals surface area contributed by atoms with Crippen LogP contribution in [0.4, 0.5) is 0 Å². The molecule has 22 heavy (non-hydrogen) atoms. The Labute approximate surface area is 129 Å². The molecule has 0 aromatic carbocycles. The maximum absolute atomic E-state index is 10.1. The molecule has 6 heteroatoms. The van der Waals surface area contributed by atoms with E-state index in [1.165, 1.54) is 0 Å². The van der Waals surface area contributed by atoms with Crippen LogP contribution in [0.3, 0.4) is 0 Å². The third kappa shape index (κ3) is 1.06. The van der Waals surface area contributed by atoms with Gasteiger partial charge in [0.05, 0.1) is 24.8 Å². The van der Waals surface area contributed by atoms with E-state index in [0.717, 1.165) is 25.7 Å². The lowest BCUT2D eigenvalue weighted by Gasteiger charge is -2.33. The van der Waals surface area contributed by atoms with Gasteiger partial charge in [-0.25, -0.2) is 4.99 Å². The predicted octanol–water partition coefficient (Wildman–Crippen LogP) is -0.243. The third-order valence-electron chi connectivity index (χ3n) is 6.48. The van der Waals surface area contributed by atoms with Crippen LogP contribution < -0.4 is 10.7 Å². The number of hydrogen-bond donors (Lipinski definition) is 2. The van der Waals surface area contributed by atoms with Gasteiger partial charge in [-0.05, 0) is 25.7 Å². The second-order valence-electron chi connectivity index (χ2n) is 7.38. The minimum atomic E-state index is -1.26. The molecule has 2 aliphatic carbocycles. The molecule has 0 amide bonds. The van der Waals surface area contributed by atoms with E-state index in [1.54, 1.807) is 0 Å². The van der Waals surface area contributed by atoms with Gasteiger partial charge in [0.15, 0.2) is 10.8 Å². The predicted molar refractivity (Wildman–Crippen MR) is 75.5 cm³/mol. The van der Waals surface area contributed by atoms with Crippen LogP contribution in [0.25, 0.3) is 0 Å². The maximum atomic E-state index is 10.1. The minimum absolute atomic E-state index is 0.125. The zero-order valence-corrected chi connectivity index (χ0v) is 13.0. The Kier molecular flexibility index (Phi) is 2.43. The number of amidine groups is 1. The van der Waals surface area contributed by atoms with E-state index in [1.807, 2.05) is 6.92 Å². The normalized spacial score (nSPS) is 55.5. The van der Waals surface area contributed by atoms with Gasteiger partial charge in [-0.3, -0.25) is 5.73 Å². The van der Waals surface area contributed by atoms with Crippen molar-refractivity contribution in [2.45, 2.75) is 51.5 Å². The second kappa shape index (κ2) is 3.82. The maximum Gasteiger partial charge on any atom is 0.343 e. The average molecular weight is 301 g/mol. The Hall–Kier alpha value is -1.63. The topological polar surface area (TPSA) is 106 Å². The van der Waals surface area contributed by atoms with Gasteiger partial charge in [-0.1, -0.05) is 19.8 Å². The summed E-state index contributed by atoms with van der Waals surface area (Å²) in [6.45, 7) is 4.52. The van der Waals surface area contributed by atoms with Gasteiger partial charge in [-0.15, -0.1) is 0 Å². The van der Waals surface area contributed by atoms with Crippen molar-refractivity contribution < 1.29 is 14.5 Å². The molecule has 0 radical (unpaired) electrons. The molecule has 4 rings (SSSR count). The summed E-state index contributed by atoms with van der Waals surface area (Å²) in [5.74, 6) is -0.296. The molecule has 2 spiro atoms. The number of nitrogens with two attached hydrogens (primary N) is 1. The SMILES string of the molecule is CC1CCC2(CC1)[C@@]1(C#N)[C@@]3([NH+]=C(N)[C@@]21C#N)OC[C@H](C)O3. The Morgan fingerprint density at radius 3 is 2.41 bits per heavy atom. The van der Waals surface area contributed by atoms with Gasteiger partial charge in [0.2, 0.25) is 0 Å². The summed E-state index contributed by atoms with van der Waals surface area (Å²) in [7, 11) is 0. The monoisotopic (exact) mass is 301 g/mol. The lowest BCUT2D eigenvalue weighted by Crippen LogP contribution is -2.90. The van der Waals surface area contributed by atoms with Crippen LogP contribution in [-0.2, 0) is 9.47 Å². The molecule has 2 saturated carbocycles. The highest BCUT2D eigenvalue weighted by Crippen LogP contribution is 2.86. The number of ether oxygens (including phenoxy) is 2.